The van der Waals surface area contributed by atoms with Crippen LogP contribution < -0.4 is 0 Å². The van der Waals surface area contributed by atoms with Crippen LogP contribution >= 0.6 is 0 Å². The van der Waals surface area contributed by atoms with Crippen LogP contribution in [0, 0.1) is 5.92 Å². The number of hydrogen-bond acceptors (Lipinski definition) is 4. The minimum Gasteiger partial charge on any atom is -0.390 e. The highest BCUT2D eigenvalue weighted by Gasteiger charge is 2.41. The number of rotatable bonds is 1. The quantitative estimate of drug-likeness (QED) is 0.647. The number of benzene rings is 1. The highest BCUT2D eigenvalue weighted by Crippen LogP contribution is 2.35. The standard InChI is InChI=1S/C12H16O4/c1-7-9(13)10(14)12(15)16-11(7)8-5-3-2-4-6-8/h2-7,9-15H,1H3/t7-,9-,10-,11-,12?/m1/s1. The van der Waals surface area contributed by atoms with Crippen LogP contribution in [0.5, 0.6) is 0 Å². The van der Waals surface area contributed by atoms with Crippen molar-refractivity contribution in [2.75, 3.05) is 0 Å². The topological polar surface area (TPSA) is 69.9 Å². The monoisotopic (exact) mass is 224 g/mol. The summed E-state index contributed by atoms with van der Waals surface area (Å²) in [6, 6.07) is 9.37. The van der Waals surface area contributed by atoms with Gasteiger partial charge in [-0.15, -0.1) is 0 Å². The Kier molecular flexibility index (Phi) is 3.25. The SMILES string of the molecule is C[C@@H]1[C@@H](O)[C@@H](O)C(O)O[C@H]1c1ccccc1. The van der Waals surface area contributed by atoms with E-state index in [1.165, 1.54) is 0 Å². The van der Waals surface area contributed by atoms with Gasteiger partial charge in [0.2, 0.25) is 0 Å². The van der Waals surface area contributed by atoms with Gasteiger partial charge in [-0.25, -0.2) is 0 Å². The predicted molar refractivity (Wildman–Crippen MR) is 57.5 cm³/mol. The molecule has 0 radical (unpaired) electrons. The van der Waals surface area contributed by atoms with Crippen molar-refractivity contribution in [3.05, 3.63) is 35.9 Å². The van der Waals surface area contributed by atoms with Crippen LogP contribution in [-0.4, -0.2) is 33.8 Å². The van der Waals surface area contributed by atoms with Gasteiger partial charge in [0.05, 0.1) is 12.2 Å². The molecule has 3 N–H and O–H groups in total. The Labute approximate surface area is 94.1 Å². The molecule has 0 saturated carbocycles. The molecular formula is C12H16O4. The van der Waals surface area contributed by atoms with Gasteiger partial charge >= 0.3 is 0 Å². The third kappa shape index (κ3) is 1.97. The lowest BCUT2D eigenvalue weighted by Crippen LogP contribution is -2.50. The van der Waals surface area contributed by atoms with Gasteiger partial charge in [-0.05, 0) is 5.56 Å². The molecule has 0 spiro atoms. The average molecular weight is 224 g/mol. The predicted octanol–water partition coefficient (Wildman–Crippen LogP) is 0.434. The summed E-state index contributed by atoms with van der Waals surface area (Å²) < 4.78 is 5.31. The maximum Gasteiger partial charge on any atom is 0.184 e. The first-order valence-corrected chi connectivity index (χ1v) is 5.36. The second kappa shape index (κ2) is 4.51. The fraction of sp³-hybridized carbons (Fsp3) is 0.500. The zero-order chi connectivity index (χ0) is 11.7. The van der Waals surface area contributed by atoms with E-state index in [4.69, 9.17) is 4.74 Å². The number of ether oxygens (including phenoxy) is 1. The summed E-state index contributed by atoms with van der Waals surface area (Å²) >= 11 is 0. The van der Waals surface area contributed by atoms with Crippen LogP contribution in [0.1, 0.15) is 18.6 Å². The fourth-order valence-electron chi connectivity index (χ4n) is 2.04. The Morgan fingerprint density at radius 2 is 1.62 bits per heavy atom. The molecule has 2 rings (SSSR count). The summed E-state index contributed by atoms with van der Waals surface area (Å²) in [6.07, 6.45) is -3.95. The lowest BCUT2D eigenvalue weighted by Gasteiger charge is -2.39. The third-order valence-corrected chi connectivity index (χ3v) is 3.07. The summed E-state index contributed by atoms with van der Waals surface area (Å²) in [7, 11) is 0. The van der Waals surface area contributed by atoms with E-state index >= 15 is 0 Å². The van der Waals surface area contributed by atoms with Gasteiger partial charge in [0.25, 0.3) is 0 Å². The van der Waals surface area contributed by atoms with Crippen LogP contribution in [0.4, 0.5) is 0 Å². The first-order valence-electron chi connectivity index (χ1n) is 5.36. The molecule has 0 amide bonds. The summed E-state index contributed by atoms with van der Waals surface area (Å²) in [6.45, 7) is 1.79. The highest BCUT2D eigenvalue weighted by molar-refractivity contribution is 5.19. The van der Waals surface area contributed by atoms with Crippen molar-refractivity contribution < 1.29 is 20.1 Å². The maximum absolute atomic E-state index is 9.76. The second-order valence-electron chi connectivity index (χ2n) is 4.20. The first kappa shape index (κ1) is 11.5. The largest absolute Gasteiger partial charge is 0.390 e. The Hall–Kier alpha value is -0.940. The van der Waals surface area contributed by atoms with Gasteiger partial charge in [-0.2, -0.15) is 0 Å². The average Bonchev–Trinajstić information content (AvgIpc) is 2.32. The van der Waals surface area contributed by atoms with Crippen molar-refractivity contribution in [2.45, 2.75) is 31.5 Å². The second-order valence-corrected chi connectivity index (χ2v) is 4.20. The molecular weight excluding hydrogens is 208 g/mol. The molecule has 1 fully saturated rings. The van der Waals surface area contributed by atoms with Gasteiger partial charge in [-0.3, -0.25) is 0 Å². The zero-order valence-electron chi connectivity index (χ0n) is 9.02. The van der Waals surface area contributed by atoms with Crippen molar-refractivity contribution in [3.8, 4) is 0 Å². The van der Waals surface area contributed by atoms with Crippen LogP contribution in [0.15, 0.2) is 30.3 Å². The summed E-state index contributed by atoms with van der Waals surface area (Å²) in [5, 5.41) is 28.7. The highest BCUT2D eigenvalue weighted by atomic mass is 16.6. The van der Waals surface area contributed by atoms with Crippen molar-refractivity contribution in [2.24, 2.45) is 5.92 Å². The molecule has 1 aromatic carbocycles. The van der Waals surface area contributed by atoms with Gasteiger partial charge in [0.1, 0.15) is 6.10 Å². The molecule has 16 heavy (non-hydrogen) atoms. The van der Waals surface area contributed by atoms with Crippen LogP contribution in [0.3, 0.4) is 0 Å². The number of hydrogen-bond donors (Lipinski definition) is 3. The normalized spacial score (nSPS) is 39.6. The molecule has 1 saturated heterocycles. The zero-order valence-corrected chi connectivity index (χ0v) is 9.02. The summed E-state index contributed by atoms with van der Waals surface area (Å²) in [4.78, 5) is 0. The molecule has 88 valence electrons. The lowest BCUT2D eigenvalue weighted by atomic mass is 9.87. The van der Waals surface area contributed by atoms with E-state index in [0.29, 0.717) is 0 Å². The molecule has 1 aromatic rings. The number of aliphatic hydroxyl groups excluding tert-OH is 3. The number of aliphatic hydroxyl groups is 3. The Morgan fingerprint density at radius 1 is 1.00 bits per heavy atom. The van der Waals surface area contributed by atoms with E-state index in [1.807, 2.05) is 30.3 Å². The van der Waals surface area contributed by atoms with E-state index in [9.17, 15) is 15.3 Å². The van der Waals surface area contributed by atoms with Crippen LogP contribution in [0.25, 0.3) is 0 Å². The van der Waals surface area contributed by atoms with Crippen molar-refractivity contribution in [3.63, 3.8) is 0 Å². The molecule has 0 aromatic heterocycles. The van der Waals surface area contributed by atoms with E-state index in [-0.39, 0.29) is 5.92 Å². The van der Waals surface area contributed by atoms with Gasteiger partial charge in [0.15, 0.2) is 6.29 Å². The third-order valence-electron chi connectivity index (χ3n) is 3.07. The molecule has 0 aliphatic carbocycles. The van der Waals surface area contributed by atoms with Gasteiger partial charge < -0.3 is 20.1 Å². The Balaban J connectivity index is 2.23. The lowest BCUT2D eigenvalue weighted by molar-refractivity contribution is -0.268. The Morgan fingerprint density at radius 3 is 2.25 bits per heavy atom. The molecule has 1 unspecified atom stereocenters. The minimum absolute atomic E-state index is 0.263. The van der Waals surface area contributed by atoms with E-state index in [2.05, 4.69) is 0 Å². The first-order chi connectivity index (χ1) is 7.61. The van der Waals surface area contributed by atoms with Crippen molar-refractivity contribution in [1.82, 2.24) is 0 Å². The molecule has 0 bridgehead atoms. The van der Waals surface area contributed by atoms with Crippen LogP contribution in [-0.2, 0) is 4.74 Å². The van der Waals surface area contributed by atoms with E-state index < -0.39 is 24.6 Å². The van der Waals surface area contributed by atoms with Gasteiger partial charge in [0, 0.05) is 5.92 Å². The molecule has 1 aliphatic heterocycles. The van der Waals surface area contributed by atoms with E-state index in [1.54, 1.807) is 6.92 Å². The minimum atomic E-state index is -1.34. The Bertz CT molecular complexity index is 340. The molecule has 4 heteroatoms. The molecule has 1 aliphatic rings. The maximum atomic E-state index is 9.76. The summed E-state index contributed by atoms with van der Waals surface area (Å²) in [5.41, 5.74) is 0.889. The van der Waals surface area contributed by atoms with Gasteiger partial charge in [-0.1, -0.05) is 37.3 Å². The van der Waals surface area contributed by atoms with Crippen molar-refractivity contribution >= 4 is 0 Å². The van der Waals surface area contributed by atoms with Crippen molar-refractivity contribution in [1.29, 1.82) is 0 Å². The smallest absolute Gasteiger partial charge is 0.184 e. The fourth-order valence-corrected chi connectivity index (χ4v) is 2.04. The molecule has 1 heterocycles. The molecule has 5 atom stereocenters. The van der Waals surface area contributed by atoms with Crippen LogP contribution in [0.2, 0.25) is 0 Å². The summed E-state index contributed by atoms with van der Waals surface area (Å²) in [5.74, 6) is -0.263. The molecule has 4 nitrogen and oxygen atoms in total. The van der Waals surface area contributed by atoms with E-state index in [0.717, 1.165) is 5.56 Å².